The van der Waals surface area contributed by atoms with Gasteiger partial charge >= 0.3 is 0 Å². The summed E-state index contributed by atoms with van der Waals surface area (Å²) in [6.45, 7) is 0. The predicted octanol–water partition coefficient (Wildman–Crippen LogP) is 3.85. The zero-order chi connectivity index (χ0) is 14.8. The van der Waals surface area contributed by atoms with Gasteiger partial charge in [0.2, 0.25) is 5.91 Å². The molecule has 21 heavy (non-hydrogen) atoms. The van der Waals surface area contributed by atoms with Crippen LogP contribution >= 0.6 is 0 Å². The highest BCUT2D eigenvalue weighted by Crippen LogP contribution is 2.33. The molecule has 3 rings (SSSR count). The maximum atomic E-state index is 13.9. The van der Waals surface area contributed by atoms with Crippen LogP contribution in [-0.4, -0.2) is 5.91 Å². The monoisotopic (exact) mass is 288 g/mol. The number of rotatable bonds is 1. The van der Waals surface area contributed by atoms with Gasteiger partial charge in [-0.15, -0.1) is 0 Å². The van der Waals surface area contributed by atoms with Crippen molar-refractivity contribution in [2.24, 2.45) is 0 Å². The largest absolute Gasteiger partial charge is 0.376 e. The quantitative estimate of drug-likeness (QED) is 0.837. The molecule has 3 nitrogen and oxygen atoms in total. The van der Waals surface area contributed by atoms with E-state index in [1.165, 1.54) is 6.07 Å². The van der Waals surface area contributed by atoms with Crippen LogP contribution in [0.25, 0.3) is 0 Å². The molecule has 0 radical (unpaired) electrons. The van der Waals surface area contributed by atoms with Crippen LogP contribution in [0.3, 0.4) is 0 Å². The molecule has 2 aromatic rings. The Kier molecular flexibility index (Phi) is 3.56. The number of fused-ring (bicyclic) bond motifs is 1. The van der Waals surface area contributed by atoms with Crippen molar-refractivity contribution in [2.45, 2.75) is 18.9 Å². The maximum Gasteiger partial charge on any atom is 0.224 e. The summed E-state index contributed by atoms with van der Waals surface area (Å²) < 4.78 is 27.3. The topological polar surface area (TPSA) is 41.1 Å². The molecular weight excluding hydrogens is 274 g/mol. The molecule has 108 valence electrons. The van der Waals surface area contributed by atoms with Crippen molar-refractivity contribution in [3.63, 3.8) is 0 Å². The first kappa shape index (κ1) is 13.5. The third-order valence-corrected chi connectivity index (χ3v) is 3.51. The Morgan fingerprint density at radius 2 is 1.86 bits per heavy atom. The third-order valence-electron chi connectivity index (χ3n) is 3.51. The van der Waals surface area contributed by atoms with E-state index in [0.717, 1.165) is 11.6 Å². The van der Waals surface area contributed by atoms with Crippen LogP contribution < -0.4 is 10.6 Å². The van der Waals surface area contributed by atoms with Gasteiger partial charge in [-0.1, -0.05) is 30.3 Å². The minimum Gasteiger partial charge on any atom is -0.376 e. The summed E-state index contributed by atoms with van der Waals surface area (Å²) in [4.78, 5) is 11.8. The van der Waals surface area contributed by atoms with Gasteiger partial charge in [0.25, 0.3) is 0 Å². The van der Waals surface area contributed by atoms with E-state index >= 15 is 0 Å². The highest BCUT2D eigenvalue weighted by Gasteiger charge is 2.22. The molecule has 2 aromatic carbocycles. The van der Waals surface area contributed by atoms with Gasteiger partial charge < -0.3 is 10.6 Å². The molecule has 0 aliphatic carbocycles. The summed E-state index contributed by atoms with van der Waals surface area (Å²) >= 11 is 0. The average Bonchev–Trinajstić information content (AvgIpc) is 2.45. The van der Waals surface area contributed by atoms with Crippen molar-refractivity contribution in [3.8, 4) is 0 Å². The summed E-state index contributed by atoms with van der Waals surface area (Å²) in [7, 11) is 0. The van der Waals surface area contributed by atoms with Gasteiger partial charge in [0, 0.05) is 12.5 Å². The fourth-order valence-electron chi connectivity index (χ4n) is 2.49. The number of halogens is 2. The van der Waals surface area contributed by atoms with Crippen molar-refractivity contribution in [1.82, 2.24) is 0 Å². The number of hydrogen-bond acceptors (Lipinski definition) is 2. The fourth-order valence-corrected chi connectivity index (χ4v) is 2.49. The number of nitrogens with one attached hydrogen (secondary N) is 2. The van der Waals surface area contributed by atoms with E-state index in [0.29, 0.717) is 6.42 Å². The first-order valence-corrected chi connectivity index (χ1v) is 6.74. The molecule has 1 aliphatic heterocycles. The van der Waals surface area contributed by atoms with E-state index in [2.05, 4.69) is 10.6 Å². The van der Waals surface area contributed by atoms with E-state index in [1.54, 1.807) is 0 Å². The Balaban J connectivity index is 2.03. The van der Waals surface area contributed by atoms with Crippen LogP contribution in [0.4, 0.5) is 20.2 Å². The first-order valence-electron chi connectivity index (χ1n) is 6.74. The Hall–Kier alpha value is -2.43. The van der Waals surface area contributed by atoms with Gasteiger partial charge in [-0.25, -0.2) is 8.78 Å². The molecule has 1 aliphatic rings. The van der Waals surface area contributed by atoms with Crippen LogP contribution in [0.1, 0.15) is 24.4 Å². The molecule has 0 spiro atoms. The summed E-state index contributed by atoms with van der Waals surface area (Å²) in [6.07, 6.45) is 0.816. The van der Waals surface area contributed by atoms with Crippen LogP contribution in [0, 0.1) is 11.6 Å². The third kappa shape index (κ3) is 2.86. The van der Waals surface area contributed by atoms with E-state index < -0.39 is 11.6 Å². The molecule has 0 saturated heterocycles. The van der Waals surface area contributed by atoms with E-state index in [4.69, 9.17) is 0 Å². The number of anilines is 2. The Morgan fingerprint density at radius 1 is 1.10 bits per heavy atom. The molecule has 5 heteroatoms. The molecule has 0 bridgehead atoms. The van der Waals surface area contributed by atoms with Gasteiger partial charge in [-0.2, -0.15) is 0 Å². The van der Waals surface area contributed by atoms with E-state index in [9.17, 15) is 13.6 Å². The Bertz CT molecular complexity index is 673. The summed E-state index contributed by atoms with van der Waals surface area (Å²) in [6, 6.07) is 11.3. The average molecular weight is 288 g/mol. The molecule has 2 N–H and O–H groups in total. The summed E-state index contributed by atoms with van der Waals surface area (Å²) in [5.74, 6) is -1.73. The highest BCUT2D eigenvalue weighted by molar-refractivity contribution is 5.95. The molecule has 1 amide bonds. The van der Waals surface area contributed by atoms with Crippen molar-refractivity contribution < 1.29 is 13.6 Å². The summed E-state index contributed by atoms with van der Waals surface area (Å²) in [5, 5.41) is 5.61. The SMILES string of the molecule is O=C1CCC(c2ccccc2)Nc2cc(F)cc(F)c2N1. The lowest BCUT2D eigenvalue weighted by molar-refractivity contribution is -0.116. The van der Waals surface area contributed by atoms with Gasteiger partial charge in [0.05, 0.1) is 11.7 Å². The molecule has 0 saturated carbocycles. The van der Waals surface area contributed by atoms with Gasteiger partial charge in [0.1, 0.15) is 11.5 Å². The Morgan fingerprint density at radius 3 is 2.62 bits per heavy atom. The zero-order valence-electron chi connectivity index (χ0n) is 11.2. The standard InChI is InChI=1S/C16H14F2N2O/c17-11-8-12(18)16-14(9-11)19-13(6-7-15(21)20-16)10-4-2-1-3-5-10/h1-5,8-9,13,19H,6-7H2,(H,20,21). The minimum atomic E-state index is -0.778. The normalized spacial score (nSPS) is 18.0. The lowest BCUT2D eigenvalue weighted by Gasteiger charge is -2.25. The minimum absolute atomic E-state index is 0.00188. The number of carbonyl (C=O) groups is 1. The molecular formula is C16H14F2N2O. The van der Waals surface area contributed by atoms with Gasteiger partial charge in [-0.05, 0) is 18.1 Å². The zero-order valence-corrected chi connectivity index (χ0v) is 11.2. The van der Waals surface area contributed by atoms with Crippen molar-refractivity contribution >= 4 is 17.3 Å². The predicted molar refractivity (Wildman–Crippen MR) is 77.0 cm³/mol. The van der Waals surface area contributed by atoms with Crippen LogP contribution in [0.2, 0.25) is 0 Å². The lowest BCUT2D eigenvalue weighted by Crippen LogP contribution is -2.22. The highest BCUT2D eigenvalue weighted by atomic mass is 19.1. The van der Waals surface area contributed by atoms with Gasteiger partial charge in [0.15, 0.2) is 5.82 Å². The molecule has 1 atom stereocenters. The van der Waals surface area contributed by atoms with E-state index in [-0.39, 0.29) is 29.7 Å². The maximum absolute atomic E-state index is 13.9. The smallest absolute Gasteiger partial charge is 0.224 e. The lowest BCUT2D eigenvalue weighted by atomic mass is 10.00. The second-order valence-corrected chi connectivity index (χ2v) is 5.00. The second-order valence-electron chi connectivity index (χ2n) is 5.00. The number of amides is 1. The first-order chi connectivity index (χ1) is 10.1. The van der Waals surface area contributed by atoms with Crippen molar-refractivity contribution in [2.75, 3.05) is 10.6 Å². The molecule has 1 unspecified atom stereocenters. The van der Waals surface area contributed by atoms with Crippen LogP contribution in [-0.2, 0) is 4.79 Å². The number of hydrogen-bond donors (Lipinski definition) is 2. The number of benzene rings is 2. The molecule has 0 aromatic heterocycles. The summed E-state index contributed by atoms with van der Waals surface area (Å²) in [5.41, 5.74) is 1.24. The molecule has 1 heterocycles. The number of carbonyl (C=O) groups excluding carboxylic acids is 1. The van der Waals surface area contributed by atoms with Crippen molar-refractivity contribution in [1.29, 1.82) is 0 Å². The second kappa shape index (κ2) is 5.52. The van der Waals surface area contributed by atoms with Gasteiger partial charge in [-0.3, -0.25) is 4.79 Å². The Labute approximate surface area is 121 Å². The van der Waals surface area contributed by atoms with Crippen LogP contribution in [0.15, 0.2) is 42.5 Å². The fraction of sp³-hybridized carbons (Fsp3) is 0.188. The van der Waals surface area contributed by atoms with E-state index in [1.807, 2.05) is 30.3 Å². The molecule has 0 fully saturated rings. The van der Waals surface area contributed by atoms with Crippen LogP contribution in [0.5, 0.6) is 0 Å². The van der Waals surface area contributed by atoms with Crippen molar-refractivity contribution in [3.05, 3.63) is 59.7 Å².